The van der Waals surface area contributed by atoms with Crippen LogP contribution < -0.4 is 10.5 Å². The first-order chi connectivity index (χ1) is 13.7. The van der Waals surface area contributed by atoms with Gasteiger partial charge in [-0.25, -0.2) is 9.37 Å². The van der Waals surface area contributed by atoms with Crippen LogP contribution in [0.4, 0.5) is 10.3 Å². The van der Waals surface area contributed by atoms with Crippen molar-refractivity contribution in [2.45, 2.75) is 13.1 Å². The van der Waals surface area contributed by atoms with Gasteiger partial charge in [0, 0.05) is 58.4 Å². The predicted molar refractivity (Wildman–Crippen MR) is 105 cm³/mol. The van der Waals surface area contributed by atoms with Crippen LogP contribution in [0.5, 0.6) is 0 Å². The van der Waals surface area contributed by atoms with E-state index in [0.29, 0.717) is 12.5 Å². The van der Waals surface area contributed by atoms with Crippen LogP contribution in [-0.2, 0) is 17.8 Å². The van der Waals surface area contributed by atoms with Gasteiger partial charge >= 0.3 is 0 Å². The molecule has 2 saturated heterocycles. The number of benzene rings is 1. The van der Waals surface area contributed by atoms with Crippen molar-refractivity contribution in [3.8, 4) is 0 Å². The van der Waals surface area contributed by atoms with Gasteiger partial charge in [0.15, 0.2) is 0 Å². The molecule has 8 heteroatoms. The molecule has 0 atom stereocenters. The molecule has 0 bridgehead atoms. The first kappa shape index (κ1) is 19.0. The number of H-pyrrole nitrogens is 1. The molecule has 0 radical (unpaired) electrons. The smallest absolute Gasteiger partial charge is 0.252 e. The van der Waals surface area contributed by atoms with Crippen LogP contribution in [-0.4, -0.2) is 72.3 Å². The molecule has 7 nitrogen and oxygen atoms in total. The minimum absolute atomic E-state index is 0.115. The highest BCUT2D eigenvalue weighted by Gasteiger charge is 2.20. The summed E-state index contributed by atoms with van der Waals surface area (Å²) >= 11 is 0. The summed E-state index contributed by atoms with van der Waals surface area (Å²) in [5.41, 5.74) is 1.66. The monoisotopic (exact) mass is 387 g/mol. The van der Waals surface area contributed by atoms with Crippen LogP contribution in [0.3, 0.4) is 0 Å². The fourth-order valence-corrected chi connectivity index (χ4v) is 3.72. The van der Waals surface area contributed by atoms with Gasteiger partial charge in [-0.2, -0.15) is 0 Å². The summed E-state index contributed by atoms with van der Waals surface area (Å²) in [6.07, 6.45) is 0. The molecule has 1 aromatic heterocycles. The Hall–Kier alpha value is -2.29. The van der Waals surface area contributed by atoms with Crippen molar-refractivity contribution in [2.24, 2.45) is 0 Å². The normalized spacial score (nSPS) is 19.1. The molecule has 0 spiro atoms. The number of anilines is 1. The number of hydrogen-bond acceptors (Lipinski definition) is 6. The highest BCUT2D eigenvalue weighted by atomic mass is 19.1. The number of morpholine rings is 1. The number of hydrogen-bond donors (Lipinski definition) is 1. The Morgan fingerprint density at radius 2 is 1.75 bits per heavy atom. The Kier molecular flexibility index (Phi) is 5.99. The number of piperazine rings is 1. The third-order valence-electron chi connectivity index (χ3n) is 5.24. The minimum atomic E-state index is -0.199. The molecule has 28 heavy (non-hydrogen) atoms. The van der Waals surface area contributed by atoms with Gasteiger partial charge in [-0.05, 0) is 17.7 Å². The van der Waals surface area contributed by atoms with Crippen LogP contribution in [0.2, 0.25) is 0 Å². The quantitative estimate of drug-likeness (QED) is 0.828. The molecule has 1 N–H and O–H groups in total. The predicted octanol–water partition coefficient (Wildman–Crippen LogP) is 1.06. The second-order valence-electron chi connectivity index (χ2n) is 7.34. The number of rotatable bonds is 5. The van der Waals surface area contributed by atoms with Crippen molar-refractivity contribution in [3.63, 3.8) is 0 Å². The third kappa shape index (κ3) is 4.95. The van der Waals surface area contributed by atoms with Gasteiger partial charge in [-0.3, -0.25) is 19.6 Å². The van der Waals surface area contributed by atoms with E-state index < -0.39 is 0 Å². The van der Waals surface area contributed by atoms with Gasteiger partial charge in [-0.15, -0.1) is 0 Å². The second-order valence-corrected chi connectivity index (χ2v) is 7.34. The van der Waals surface area contributed by atoms with Crippen LogP contribution >= 0.6 is 0 Å². The van der Waals surface area contributed by atoms with Gasteiger partial charge in [-0.1, -0.05) is 12.1 Å². The van der Waals surface area contributed by atoms with E-state index in [2.05, 4.69) is 19.7 Å². The van der Waals surface area contributed by atoms with E-state index in [1.165, 1.54) is 6.07 Å². The van der Waals surface area contributed by atoms with Gasteiger partial charge in [0.1, 0.15) is 5.82 Å². The molecular weight excluding hydrogens is 361 g/mol. The van der Waals surface area contributed by atoms with E-state index in [0.717, 1.165) is 70.3 Å². The molecule has 1 aromatic carbocycles. The van der Waals surface area contributed by atoms with E-state index in [4.69, 9.17) is 9.72 Å². The standard InChI is InChI=1S/C20H26FN5O2/c21-17-3-1-2-16(12-17)14-24-4-6-26(7-5-24)20-22-18(13-19(27)23-20)15-25-8-10-28-11-9-25/h1-3,12-13H,4-11,14-15H2,(H,22,23,27). The molecule has 4 rings (SSSR count). The highest BCUT2D eigenvalue weighted by molar-refractivity contribution is 5.31. The highest BCUT2D eigenvalue weighted by Crippen LogP contribution is 2.14. The SMILES string of the molecule is O=c1cc(CN2CCOCC2)nc(N2CCN(Cc3cccc(F)c3)CC2)[nH]1. The van der Waals surface area contributed by atoms with Gasteiger partial charge in [0.05, 0.1) is 18.9 Å². The zero-order chi connectivity index (χ0) is 19.3. The van der Waals surface area contributed by atoms with Crippen LogP contribution in [0.1, 0.15) is 11.3 Å². The maximum Gasteiger partial charge on any atom is 0.252 e. The molecular formula is C20H26FN5O2. The number of halogens is 1. The van der Waals surface area contributed by atoms with E-state index >= 15 is 0 Å². The number of nitrogens with one attached hydrogen (secondary N) is 1. The molecule has 0 aliphatic carbocycles. The van der Waals surface area contributed by atoms with Crippen LogP contribution in [0.25, 0.3) is 0 Å². The minimum Gasteiger partial charge on any atom is -0.379 e. The van der Waals surface area contributed by atoms with Crippen LogP contribution in [0, 0.1) is 5.82 Å². The van der Waals surface area contributed by atoms with Crippen molar-refractivity contribution >= 4 is 5.95 Å². The van der Waals surface area contributed by atoms with Gasteiger partial charge < -0.3 is 9.64 Å². The summed E-state index contributed by atoms with van der Waals surface area (Å²) in [7, 11) is 0. The fraction of sp³-hybridized carbons (Fsp3) is 0.500. The lowest BCUT2D eigenvalue weighted by molar-refractivity contribution is 0.0336. The van der Waals surface area contributed by atoms with Crippen molar-refractivity contribution in [2.75, 3.05) is 57.4 Å². The van der Waals surface area contributed by atoms with Gasteiger partial charge in [0.2, 0.25) is 5.95 Å². The summed E-state index contributed by atoms with van der Waals surface area (Å²) in [5.74, 6) is 0.441. The Balaban J connectivity index is 1.36. The lowest BCUT2D eigenvalue weighted by atomic mass is 10.2. The number of nitrogens with zero attached hydrogens (tertiary/aromatic N) is 4. The largest absolute Gasteiger partial charge is 0.379 e. The molecule has 2 aromatic rings. The van der Waals surface area contributed by atoms with E-state index in [1.807, 2.05) is 6.07 Å². The van der Waals surface area contributed by atoms with Crippen LogP contribution in [0.15, 0.2) is 35.1 Å². The first-order valence-electron chi connectivity index (χ1n) is 9.78. The molecule has 2 fully saturated rings. The first-order valence-corrected chi connectivity index (χ1v) is 9.78. The van der Waals surface area contributed by atoms with Crippen molar-refractivity contribution < 1.29 is 9.13 Å². The van der Waals surface area contributed by atoms with E-state index in [9.17, 15) is 9.18 Å². The Morgan fingerprint density at radius 1 is 1.00 bits per heavy atom. The molecule has 0 unspecified atom stereocenters. The summed E-state index contributed by atoms with van der Waals surface area (Å²) < 4.78 is 18.7. The summed E-state index contributed by atoms with van der Waals surface area (Å²) in [4.78, 5) is 26.4. The molecule has 2 aliphatic heterocycles. The Bertz CT molecular complexity index is 844. The zero-order valence-electron chi connectivity index (χ0n) is 15.9. The molecule has 0 saturated carbocycles. The van der Waals surface area contributed by atoms with Crippen molar-refractivity contribution in [3.05, 3.63) is 57.8 Å². The lowest BCUT2D eigenvalue weighted by Crippen LogP contribution is -2.47. The fourth-order valence-electron chi connectivity index (χ4n) is 3.72. The maximum atomic E-state index is 13.4. The second kappa shape index (κ2) is 8.81. The number of ether oxygens (including phenoxy) is 1. The zero-order valence-corrected chi connectivity index (χ0v) is 15.9. The summed E-state index contributed by atoms with van der Waals surface area (Å²) in [6, 6.07) is 8.33. The molecule has 0 amide bonds. The Labute approximate surface area is 163 Å². The van der Waals surface area contributed by atoms with E-state index in [1.54, 1.807) is 18.2 Å². The van der Waals surface area contributed by atoms with E-state index in [-0.39, 0.29) is 11.4 Å². The number of aromatic nitrogens is 2. The van der Waals surface area contributed by atoms with Crippen molar-refractivity contribution in [1.82, 2.24) is 19.8 Å². The maximum absolute atomic E-state index is 13.4. The Morgan fingerprint density at radius 3 is 2.50 bits per heavy atom. The molecule has 3 heterocycles. The third-order valence-corrected chi connectivity index (χ3v) is 5.24. The lowest BCUT2D eigenvalue weighted by Gasteiger charge is -2.35. The summed E-state index contributed by atoms with van der Waals surface area (Å²) in [5, 5.41) is 0. The average molecular weight is 387 g/mol. The van der Waals surface area contributed by atoms with Crippen molar-refractivity contribution in [1.29, 1.82) is 0 Å². The topological polar surface area (TPSA) is 64.7 Å². The molecule has 2 aliphatic rings. The summed E-state index contributed by atoms with van der Waals surface area (Å²) in [6.45, 7) is 7.81. The average Bonchev–Trinajstić information content (AvgIpc) is 2.69. The number of aromatic amines is 1. The molecule has 150 valence electrons. The van der Waals surface area contributed by atoms with Gasteiger partial charge in [0.25, 0.3) is 5.56 Å².